The average molecular weight is 300 g/mol. The summed E-state index contributed by atoms with van der Waals surface area (Å²) in [6.07, 6.45) is 1.37. The predicted octanol–water partition coefficient (Wildman–Crippen LogP) is 1.73. The van der Waals surface area contributed by atoms with Gasteiger partial charge in [-0.2, -0.15) is 0 Å². The maximum absolute atomic E-state index is 11.2. The third-order valence-electron chi connectivity index (χ3n) is 3.78. The topological polar surface area (TPSA) is 79.7 Å². The molecule has 114 valence electrons. The quantitative estimate of drug-likeness (QED) is 0.870. The number of carbonyl (C=O) groups is 2. The Kier molecular flexibility index (Phi) is 3.77. The summed E-state index contributed by atoms with van der Waals surface area (Å²) < 4.78 is 5.44. The Hall–Kier alpha value is -2.47. The number of rotatable bonds is 3. The number of carboxylic acids is 1. The van der Waals surface area contributed by atoms with E-state index in [-0.39, 0.29) is 12.6 Å². The van der Waals surface area contributed by atoms with Crippen LogP contribution in [0.2, 0.25) is 0 Å². The van der Waals surface area contributed by atoms with Gasteiger partial charge >= 0.3 is 5.97 Å². The van der Waals surface area contributed by atoms with Gasteiger partial charge in [-0.05, 0) is 31.2 Å². The first-order chi connectivity index (χ1) is 10.6. The van der Waals surface area contributed by atoms with E-state index in [1.165, 1.54) is 0 Å². The van der Waals surface area contributed by atoms with Crippen LogP contribution in [-0.4, -0.2) is 47.6 Å². The van der Waals surface area contributed by atoms with Crippen molar-refractivity contribution in [1.82, 2.24) is 4.98 Å². The molecular formula is C16H16N2O4. The maximum Gasteiger partial charge on any atom is 0.334 e. The second-order valence-corrected chi connectivity index (χ2v) is 5.37. The number of anilines is 1. The van der Waals surface area contributed by atoms with Crippen LogP contribution in [0.15, 0.2) is 30.5 Å². The minimum absolute atomic E-state index is 0.188. The van der Waals surface area contributed by atoms with Gasteiger partial charge in [0, 0.05) is 29.4 Å². The van der Waals surface area contributed by atoms with Gasteiger partial charge in [-0.1, -0.05) is 0 Å². The van der Waals surface area contributed by atoms with E-state index in [0.29, 0.717) is 17.6 Å². The van der Waals surface area contributed by atoms with E-state index in [1.54, 1.807) is 18.3 Å². The number of pyridine rings is 1. The summed E-state index contributed by atoms with van der Waals surface area (Å²) in [5, 5.41) is 10.0. The third kappa shape index (κ3) is 2.53. The first-order valence-corrected chi connectivity index (χ1v) is 7.06. The molecule has 6 heteroatoms. The normalized spacial score (nSPS) is 21.8. The van der Waals surface area contributed by atoms with Gasteiger partial charge in [-0.15, -0.1) is 0 Å². The SMILES string of the molecule is C[C@@H]1CN(c2ccc(C=O)c3ncccc23)C[C@H](C(=O)O)O1. The van der Waals surface area contributed by atoms with Crippen molar-refractivity contribution < 1.29 is 19.4 Å². The summed E-state index contributed by atoms with van der Waals surface area (Å²) in [6, 6.07) is 7.25. The lowest BCUT2D eigenvalue weighted by Gasteiger charge is -2.37. The Labute approximate surface area is 127 Å². The van der Waals surface area contributed by atoms with Gasteiger partial charge in [0.2, 0.25) is 0 Å². The molecule has 1 saturated heterocycles. The number of aldehydes is 1. The molecule has 3 rings (SSSR count). The summed E-state index contributed by atoms with van der Waals surface area (Å²) in [7, 11) is 0. The minimum atomic E-state index is -0.969. The molecule has 1 aromatic carbocycles. The summed E-state index contributed by atoms with van der Waals surface area (Å²) >= 11 is 0. The molecule has 0 aliphatic carbocycles. The zero-order valence-corrected chi connectivity index (χ0v) is 12.1. The Bertz CT molecular complexity index is 731. The van der Waals surface area contributed by atoms with Crippen molar-refractivity contribution in [3.05, 3.63) is 36.0 Å². The average Bonchev–Trinajstić information content (AvgIpc) is 2.53. The monoisotopic (exact) mass is 300 g/mol. The molecule has 1 fully saturated rings. The molecule has 0 unspecified atom stereocenters. The molecule has 0 bridgehead atoms. The second kappa shape index (κ2) is 5.73. The maximum atomic E-state index is 11.2. The van der Waals surface area contributed by atoms with Gasteiger partial charge in [0.05, 0.1) is 18.2 Å². The van der Waals surface area contributed by atoms with Gasteiger partial charge in [0.1, 0.15) is 0 Å². The summed E-state index contributed by atoms with van der Waals surface area (Å²) in [5.74, 6) is -0.969. The number of benzene rings is 1. The van der Waals surface area contributed by atoms with Gasteiger partial charge in [0.15, 0.2) is 12.4 Å². The predicted molar refractivity (Wildman–Crippen MR) is 81.3 cm³/mol. The van der Waals surface area contributed by atoms with E-state index in [0.717, 1.165) is 17.4 Å². The fourth-order valence-corrected chi connectivity index (χ4v) is 2.83. The zero-order valence-electron chi connectivity index (χ0n) is 12.1. The molecular weight excluding hydrogens is 284 g/mol. The Morgan fingerprint density at radius 2 is 2.23 bits per heavy atom. The molecule has 1 aliphatic rings. The third-order valence-corrected chi connectivity index (χ3v) is 3.78. The zero-order chi connectivity index (χ0) is 15.7. The van der Waals surface area contributed by atoms with Crippen molar-refractivity contribution >= 4 is 28.8 Å². The smallest absolute Gasteiger partial charge is 0.334 e. The molecule has 2 atom stereocenters. The molecule has 6 nitrogen and oxygen atoms in total. The molecule has 0 amide bonds. The lowest BCUT2D eigenvalue weighted by Crippen LogP contribution is -2.49. The van der Waals surface area contributed by atoms with Crippen LogP contribution in [0.3, 0.4) is 0 Å². The summed E-state index contributed by atoms with van der Waals surface area (Å²) in [6.45, 7) is 2.71. The van der Waals surface area contributed by atoms with Gasteiger partial charge in [-0.25, -0.2) is 4.79 Å². The largest absolute Gasteiger partial charge is 0.479 e. The van der Waals surface area contributed by atoms with E-state index in [1.807, 2.05) is 24.0 Å². The van der Waals surface area contributed by atoms with E-state index in [9.17, 15) is 14.7 Å². The highest BCUT2D eigenvalue weighted by Crippen LogP contribution is 2.29. The highest BCUT2D eigenvalue weighted by atomic mass is 16.5. The molecule has 1 aliphatic heterocycles. The first kappa shape index (κ1) is 14.5. The number of aliphatic carboxylic acids is 1. The Morgan fingerprint density at radius 1 is 1.41 bits per heavy atom. The molecule has 0 radical (unpaired) electrons. The van der Waals surface area contributed by atoms with Crippen LogP contribution in [0, 0.1) is 0 Å². The van der Waals surface area contributed by atoms with E-state index >= 15 is 0 Å². The molecule has 0 saturated carbocycles. The van der Waals surface area contributed by atoms with Crippen LogP contribution in [0.5, 0.6) is 0 Å². The Balaban J connectivity index is 2.06. The van der Waals surface area contributed by atoms with Crippen LogP contribution in [0.4, 0.5) is 5.69 Å². The van der Waals surface area contributed by atoms with Crippen LogP contribution >= 0.6 is 0 Å². The minimum Gasteiger partial charge on any atom is -0.479 e. The van der Waals surface area contributed by atoms with Crippen molar-refractivity contribution in [1.29, 1.82) is 0 Å². The highest BCUT2D eigenvalue weighted by molar-refractivity contribution is 6.02. The molecule has 2 aromatic rings. The van der Waals surface area contributed by atoms with Crippen molar-refractivity contribution in [2.24, 2.45) is 0 Å². The number of hydrogen-bond acceptors (Lipinski definition) is 5. The van der Waals surface area contributed by atoms with Crippen LogP contribution < -0.4 is 4.90 Å². The number of nitrogens with zero attached hydrogens (tertiary/aromatic N) is 2. The van der Waals surface area contributed by atoms with Crippen LogP contribution in [0.25, 0.3) is 10.9 Å². The number of hydrogen-bond donors (Lipinski definition) is 1. The van der Waals surface area contributed by atoms with E-state index < -0.39 is 12.1 Å². The highest BCUT2D eigenvalue weighted by Gasteiger charge is 2.31. The van der Waals surface area contributed by atoms with Crippen molar-refractivity contribution in [2.45, 2.75) is 19.1 Å². The lowest BCUT2D eigenvalue weighted by molar-refractivity contribution is -0.154. The standard InChI is InChI=1S/C16H16N2O4/c1-10-7-18(8-14(22-10)16(20)21)13-5-4-11(9-19)15-12(13)3-2-6-17-15/h2-6,9-10,14H,7-8H2,1H3,(H,20,21)/t10-,14-/m1/s1. The van der Waals surface area contributed by atoms with Crippen LogP contribution in [-0.2, 0) is 9.53 Å². The number of carbonyl (C=O) groups excluding carboxylic acids is 1. The number of ether oxygens (including phenoxy) is 1. The molecule has 2 heterocycles. The summed E-state index contributed by atoms with van der Waals surface area (Å²) in [4.78, 5) is 28.6. The number of morpholine rings is 1. The number of fused-ring (bicyclic) bond motifs is 1. The van der Waals surface area contributed by atoms with E-state index in [2.05, 4.69) is 4.98 Å². The number of carboxylic acid groups (broad SMARTS) is 1. The fraction of sp³-hybridized carbons (Fsp3) is 0.312. The fourth-order valence-electron chi connectivity index (χ4n) is 2.83. The number of aromatic nitrogens is 1. The Morgan fingerprint density at radius 3 is 2.95 bits per heavy atom. The lowest BCUT2D eigenvalue weighted by atomic mass is 10.1. The molecule has 1 aromatic heterocycles. The van der Waals surface area contributed by atoms with Gasteiger partial charge in [0.25, 0.3) is 0 Å². The molecule has 0 spiro atoms. The molecule has 22 heavy (non-hydrogen) atoms. The van der Waals surface area contributed by atoms with E-state index in [4.69, 9.17) is 4.74 Å². The summed E-state index contributed by atoms with van der Waals surface area (Å²) in [5.41, 5.74) is 2.02. The second-order valence-electron chi connectivity index (χ2n) is 5.37. The van der Waals surface area contributed by atoms with Crippen molar-refractivity contribution in [2.75, 3.05) is 18.0 Å². The van der Waals surface area contributed by atoms with Gasteiger partial charge < -0.3 is 14.7 Å². The van der Waals surface area contributed by atoms with Crippen molar-refractivity contribution in [3.8, 4) is 0 Å². The molecule has 1 N–H and O–H groups in total. The first-order valence-electron chi connectivity index (χ1n) is 7.06. The van der Waals surface area contributed by atoms with Gasteiger partial charge in [-0.3, -0.25) is 9.78 Å². The van der Waals surface area contributed by atoms with Crippen LogP contribution in [0.1, 0.15) is 17.3 Å². The van der Waals surface area contributed by atoms with Crippen molar-refractivity contribution in [3.63, 3.8) is 0 Å².